The second kappa shape index (κ2) is 4.90. The first kappa shape index (κ1) is 12.0. The van der Waals surface area contributed by atoms with Crippen molar-refractivity contribution in [3.63, 3.8) is 0 Å². The molecule has 0 aliphatic heterocycles. The van der Waals surface area contributed by atoms with E-state index in [-0.39, 0.29) is 0 Å². The second-order valence-corrected chi connectivity index (χ2v) is 4.30. The summed E-state index contributed by atoms with van der Waals surface area (Å²) >= 11 is 0. The Morgan fingerprint density at radius 2 is 1.80 bits per heavy atom. The number of nitrogens with zero attached hydrogens (tertiary/aromatic N) is 2. The van der Waals surface area contributed by atoms with E-state index in [4.69, 9.17) is 15.7 Å². The SMILES string of the molecule is N#Cc1ccc(Oc2ccc(N)c3ccccc23)nc1. The fourth-order valence-electron chi connectivity index (χ4n) is 2.00. The molecule has 0 aliphatic carbocycles. The summed E-state index contributed by atoms with van der Waals surface area (Å²) < 4.78 is 5.77. The van der Waals surface area contributed by atoms with E-state index in [1.54, 1.807) is 18.2 Å². The Hall–Kier alpha value is -3.06. The fourth-order valence-corrected chi connectivity index (χ4v) is 2.00. The largest absolute Gasteiger partial charge is 0.438 e. The molecule has 0 aliphatic rings. The Morgan fingerprint density at radius 3 is 2.50 bits per heavy atom. The zero-order valence-corrected chi connectivity index (χ0v) is 10.6. The topological polar surface area (TPSA) is 71.9 Å². The summed E-state index contributed by atoms with van der Waals surface area (Å²) in [6.07, 6.45) is 1.48. The number of hydrogen-bond acceptors (Lipinski definition) is 4. The van der Waals surface area contributed by atoms with Crippen LogP contribution in [0.2, 0.25) is 0 Å². The van der Waals surface area contributed by atoms with Gasteiger partial charge < -0.3 is 10.5 Å². The van der Waals surface area contributed by atoms with Gasteiger partial charge in [-0.05, 0) is 18.2 Å². The number of hydrogen-bond donors (Lipinski definition) is 1. The smallest absolute Gasteiger partial charge is 0.219 e. The maximum absolute atomic E-state index is 8.75. The van der Waals surface area contributed by atoms with Gasteiger partial charge in [-0.25, -0.2) is 4.98 Å². The van der Waals surface area contributed by atoms with E-state index >= 15 is 0 Å². The lowest BCUT2D eigenvalue weighted by atomic mass is 10.1. The molecular weight excluding hydrogens is 250 g/mol. The van der Waals surface area contributed by atoms with Crippen molar-refractivity contribution in [2.45, 2.75) is 0 Å². The van der Waals surface area contributed by atoms with Crippen molar-refractivity contribution in [1.82, 2.24) is 4.98 Å². The van der Waals surface area contributed by atoms with Crippen molar-refractivity contribution in [2.24, 2.45) is 0 Å². The van der Waals surface area contributed by atoms with E-state index in [0.717, 1.165) is 10.8 Å². The van der Waals surface area contributed by atoms with Crippen molar-refractivity contribution in [3.8, 4) is 17.7 Å². The number of pyridine rings is 1. The van der Waals surface area contributed by atoms with Gasteiger partial charge in [0.05, 0.1) is 5.56 Å². The summed E-state index contributed by atoms with van der Waals surface area (Å²) in [6, 6.07) is 16.7. The fraction of sp³-hybridized carbons (Fsp3) is 0. The first-order valence-electron chi connectivity index (χ1n) is 6.09. The second-order valence-electron chi connectivity index (χ2n) is 4.30. The average molecular weight is 261 g/mol. The molecule has 0 radical (unpaired) electrons. The molecule has 3 rings (SSSR count). The number of nitrogen functional groups attached to an aromatic ring is 1. The molecule has 0 amide bonds. The van der Waals surface area contributed by atoms with E-state index in [9.17, 15) is 0 Å². The molecule has 4 nitrogen and oxygen atoms in total. The Bertz CT molecular complexity index is 804. The summed E-state index contributed by atoms with van der Waals surface area (Å²) in [7, 11) is 0. The molecule has 0 atom stereocenters. The lowest BCUT2D eigenvalue weighted by Crippen LogP contribution is -1.92. The van der Waals surface area contributed by atoms with Crippen LogP contribution >= 0.6 is 0 Å². The van der Waals surface area contributed by atoms with Crippen molar-refractivity contribution >= 4 is 16.5 Å². The highest BCUT2D eigenvalue weighted by Crippen LogP contribution is 2.32. The van der Waals surface area contributed by atoms with E-state index in [1.807, 2.05) is 36.4 Å². The van der Waals surface area contributed by atoms with Crippen LogP contribution in [0.15, 0.2) is 54.7 Å². The van der Waals surface area contributed by atoms with E-state index in [0.29, 0.717) is 22.9 Å². The molecule has 96 valence electrons. The summed E-state index contributed by atoms with van der Waals surface area (Å²) in [5.41, 5.74) is 7.16. The highest BCUT2D eigenvalue weighted by molar-refractivity contribution is 5.97. The van der Waals surface area contributed by atoms with Gasteiger partial charge in [-0.3, -0.25) is 0 Å². The van der Waals surface area contributed by atoms with E-state index < -0.39 is 0 Å². The van der Waals surface area contributed by atoms with Gasteiger partial charge in [-0.2, -0.15) is 5.26 Å². The van der Waals surface area contributed by atoms with E-state index in [2.05, 4.69) is 4.98 Å². The van der Waals surface area contributed by atoms with Crippen molar-refractivity contribution in [3.05, 3.63) is 60.3 Å². The number of aromatic nitrogens is 1. The van der Waals surface area contributed by atoms with Gasteiger partial charge in [0, 0.05) is 28.7 Å². The minimum absolute atomic E-state index is 0.443. The molecule has 0 bridgehead atoms. The van der Waals surface area contributed by atoms with Crippen LogP contribution < -0.4 is 10.5 Å². The number of fused-ring (bicyclic) bond motifs is 1. The Labute approximate surface area is 116 Å². The predicted octanol–water partition coefficient (Wildman–Crippen LogP) is 3.48. The van der Waals surface area contributed by atoms with Crippen LogP contribution in [0.4, 0.5) is 5.69 Å². The third kappa shape index (κ3) is 2.13. The third-order valence-electron chi connectivity index (χ3n) is 3.00. The predicted molar refractivity (Wildman–Crippen MR) is 77.4 cm³/mol. The number of anilines is 1. The minimum Gasteiger partial charge on any atom is -0.438 e. The summed E-state index contributed by atoms with van der Waals surface area (Å²) in [5.74, 6) is 1.13. The first-order valence-corrected chi connectivity index (χ1v) is 6.09. The summed E-state index contributed by atoms with van der Waals surface area (Å²) in [6.45, 7) is 0. The van der Waals surface area contributed by atoms with Gasteiger partial charge in [0.15, 0.2) is 0 Å². The highest BCUT2D eigenvalue weighted by Gasteiger charge is 2.06. The molecule has 1 heterocycles. The number of nitriles is 1. The van der Waals surface area contributed by atoms with Crippen LogP contribution in [0.3, 0.4) is 0 Å². The molecule has 1 aromatic heterocycles. The van der Waals surface area contributed by atoms with Gasteiger partial charge in [-0.1, -0.05) is 24.3 Å². The van der Waals surface area contributed by atoms with Crippen LogP contribution in [0.5, 0.6) is 11.6 Å². The van der Waals surface area contributed by atoms with Gasteiger partial charge in [-0.15, -0.1) is 0 Å². The summed E-state index contributed by atoms with van der Waals surface area (Å²) in [5, 5.41) is 10.6. The number of ether oxygens (including phenoxy) is 1. The molecule has 3 aromatic rings. The van der Waals surface area contributed by atoms with Crippen LogP contribution in [0.25, 0.3) is 10.8 Å². The monoisotopic (exact) mass is 261 g/mol. The number of nitrogens with two attached hydrogens (primary N) is 1. The normalized spacial score (nSPS) is 10.2. The molecule has 2 aromatic carbocycles. The zero-order valence-electron chi connectivity index (χ0n) is 10.6. The zero-order chi connectivity index (χ0) is 13.9. The number of benzene rings is 2. The molecule has 0 saturated carbocycles. The van der Waals surface area contributed by atoms with Crippen LogP contribution in [0.1, 0.15) is 5.56 Å². The van der Waals surface area contributed by atoms with Crippen molar-refractivity contribution < 1.29 is 4.74 Å². The quantitative estimate of drug-likeness (QED) is 0.717. The van der Waals surface area contributed by atoms with Gasteiger partial charge >= 0.3 is 0 Å². The Morgan fingerprint density at radius 1 is 1.00 bits per heavy atom. The molecule has 0 fully saturated rings. The number of rotatable bonds is 2. The Kier molecular flexibility index (Phi) is 2.94. The highest BCUT2D eigenvalue weighted by atomic mass is 16.5. The van der Waals surface area contributed by atoms with Gasteiger partial charge in [0.2, 0.25) is 5.88 Å². The van der Waals surface area contributed by atoms with E-state index in [1.165, 1.54) is 6.20 Å². The van der Waals surface area contributed by atoms with Gasteiger partial charge in [0.1, 0.15) is 11.8 Å². The van der Waals surface area contributed by atoms with Crippen LogP contribution in [-0.2, 0) is 0 Å². The molecule has 0 spiro atoms. The van der Waals surface area contributed by atoms with Crippen LogP contribution in [0, 0.1) is 11.3 Å². The van der Waals surface area contributed by atoms with Crippen LogP contribution in [-0.4, -0.2) is 4.98 Å². The van der Waals surface area contributed by atoms with Crippen molar-refractivity contribution in [2.75, 3.05) is 5.73 Å². The minimum atomic E-state index is 0.443. The molecule has 0 saturated heterocycles. The molecule has 2 N–H and O–H groups in total. The standard InChI is InChI=1S/C16H11N3O/c17-9-11-5-8-16(19-10-11)20-15-7-6-14(18)12-3-1-2-4-13(12)15/h1-8,10H,18H2. The first-order chi connectivity index (χ1) is 9.78. The summed E-state index contributed by atoms with van der Waals surface area (Å²) in [4.78, 5) is 4.10. The average Bonchev–Trinajstić information content (AvgIpc) is 2.51. The molecule has 20 heavy (non-hydrogen) atoms. The Balaban J connectivity index is 2.02. The maximum atomic E-state index is 8.75. The van der Waals surface area contributed by atoms with Crippen molar-refractivity contribution in [1.29, 1.82) is 5.26 Å². The lowest BCUT2D eigenvalue weighted by Gasteiger charge is -2.09. The van der Waals surface area contributed by atoms with Gasteiger partial charge in [0.25, 0.3) is 0 Å². The molecular formula is C16H11N3O. The maximum Gasteiger partial charge on any atom is 0.219 e. The molecule has 4 heteroatoms. The lowest BCUT2D eigenvalue weighted by molar-refractivity contribution is 0.468. The molecule has 0 unspecified atom stereocenters. The third-order valence-corrected chi connectivity index (χ3v) is 3.00.